The normalized spacial score (nSPS) is 4.38. The van der Waals surface area contributed by atoms with Crippen LogP contribution in [0.5, 0.6) is 0 Å². The first-order valence-electron chi connectivity index (χ1n) is 6.28. The van der Waals surface area contributed by atoms with Gasteiger partial charge in [-0.25, -0.2) is 0 Å². The maximum absolute atomic E-state index is 9.73. The summed E-state index contributed by atoms with van der Waals surface area (Å²) in [6, 6.07) is -1.84. The molecule has 3 radical (unpaired) electrons. The van der Waals surface area contributed by atoms with Gasteiger partial charge in [-0.05, 0) is 19.0 Å². The van der Waals surface area contributed by atoms with Gasteiger partial charge in [0.15, 0.2) is 0 Å². The molecule has 0 saturated carbocycles. The molecule has 157 valence electrons. The number of hydrogen-bond acceptors (Lipinski definition) is 7. The van der Waals surface area contributed by atoms with Crippen molar-refractivity contribution < 1.29 is 660 Å². The minimum atomic E-state index is -0.984. The summed E-state index contributed by atoms with van der Waals surface area (Å²) < 4.78 is 0. The van der Waals surface area contributed by atoms with Gasteiger partial charge in [0.05, 0.1) is 5.91 Å². The van der Waals surface area contributed by atoms with Crippen LogP contribution < -0.4 is 524 Å². The first kappa shape index (κ1) is 118. The van der Waals surface area contributed by atoms with Crippen LogP contribution in [0.15, 0.2) is 0 Å². The molecule has 0 heterocycles. The van der Waals surface area contributed by atoms with Gasteiger partial charge in [0.2, 0.25) is 0 Å². The SMILES string of the molecule is CC(=O)[N-]O.C[N-]C(=O)[N-]O.C[N-]O.C[N-][N-]C(=O)[N-]O.[CH2-]C.[H-].[H-].[Rb+].[Rb+].[Rb+].[Rb+].[Rb+].[Rb+].[Rb+].[Rb+].[Rb+].[Rb][Rb].[Y].[Y].[Y]. The van der Waals surface area contributed by atoms with E-state index in [2.05, 4.69) is 45.0 Å². The molecule has 28 heteroatoms. The number of carbonyl (C=O) groups is 3. The van der Waals surface area contributed by atoms with Crippen LogP contribution in [-0.4, -0.2) is 128 Å². The van der Waals surface area contributed by atoms with Gasteiger partial charge >= 0.3 is 591 Å². The maximum atomic E-state index is 9.73. The Morgan fingerprint density at radius 3 is 0.838 bits per heavy atom. The first-order valence-corrected chi connectivity index (χ1v) is 40.3. The van der Waals surface area contributed by atoms with E-state index in [1.54, 1.807) is 6.92 Å². The number of hydroxylamine groups is 4. The number of carbonyl (C=O) groups excluding carboxylic acids is 3. The number of nitrogens with zero attached hydrogens (tertiary/aromatic N) is 7. The van der Waals surface area contributed by atoms with Gasteiger partial charge in [0.1, 0.15) is 0 Å². The predicted octanol–water partition coefficient (Wildman–Crippen LogP) is -24.0. The molecule has 37 heavy (non-hydrogen) atoms. The van der Waals surface area contributed by atoms with Crippen molar-refractivity contribution in [3.8, 4) is 0 Å². The van der Waals surface area contributed by atoms with Gasteiger partial charge in [-0.15, -0.1) is 14.1 Å². The number of urea groups is 2. The minimum absolute atomic E-state index is 0. The van der Waals surface area contributed by atoms with Crippen LogP contribution in [0.2, 0.25) is 0 Å². The van der Waals surface area contributed by atoms with Crippen molar-refractivity contribution >= 4 is 85.7 Å². The Labute approximate surface area is 791 Å². The molecule has 0 aromatic carbocycles. The van der Waals surface area contributed by atoms with Crippen LogP contribution in [0.25, 0.3) is 38.1 Å². The average molecular weight is 1550 g/mol. The standard InChI is InChI=1S/C2H5N3O2.C2H5N2O2.C2H5NO2.C2H5.CH4NO.11Rb.3Y.2H/c1-3-4-2(6)5-7;1-3-2(5)4-6;1-2(4)3-5;1-2;1-2-3;;;;;;;;;;;;;;;;/h1H3,(H2-,4,5,6,7);1H3,(H2-,3,4,5,6);1H3,(H2,3,4,5);1H2,2H3;3H,1H3;;;;;;;;;;;;;;;;/q-2;-1;;2*-1;;;9*+1;;;;2*-1/p-3. The molecule has 4 N–H and O–H groups in total. The van der Waals surface area contributed by atoms with Crippen molar-refractivity contribution in [1.82, 2.24) is 0 Å². The van der Waals surface area contributed by atoms with E-state index >= 15 is 0 Å². The molecule has 0 aliphatic heterocycles. The first-order chi connectivity index (χ1) is 11.8. The van der Waals surface area contributed by atoms with Gasteiger partial charge in [-0.3, -0.25) is 0 Å². The van der Waals surface area contributed by atoms with Crippen LogP contribution in [0.3, 0.4) is 0 Å². The number of amides is 5. The van der Waals surface area contributed by atoms with Gasteiger partial charge in [-0.2, -0.15) is 14.0 Å². The van der Waals surface area contributed by atoms with Crippen molar-refractivity contribution in [3.63, 3.8) is 0 Å². The molecule has 0 rings (SSSR count). The van der Waals surface area contributed by atoms with Crippen LogP contribution in [0.4, 0.5) is 9.59 Å². The van der Waals surface area contributed by atoms with E-state index in [9.17, 15) is 14.4 Å². The molecule has 0 bridgehead atoms. The Balaban J connectivity index is -0.00000000598. The molecular formula is C9H23N7O7Rb11Y3-. The molecule has 0 aliphatic rings. The van der Waals surface area contributed by atoms with Crippen LogP contribution in [-0.2, 0) is 103 Å². The smallest absolute Gasteiger partial charge is 0 e. The van der Waals surface area contributed by atoms with Crippen molar-refractivity contribution in [2.45, 2.75) is 13.8 Å². The van der Waals surface area contributed by atoms with E-state index in [1.807, 2.05) is 0 Å². The molecule has 0 spiro atoms. The van der Waals surface area contributed by atoms with Crippen molar-refractivity contribution in [2.24, 2.45) is 0 Å². The Morgan fingerprint density at radius 1 is 0.622 bits per heavy atom. The third kappa shape index (κ3) is 168. The summed E-state index contributed by atoms with van der Waals surface area (Å²) in [5, 5.41) is 32.7. The zero-order valence-corrected chi connectivity index (χ0v) is 88.7. The second kappa shape index (κ2) is 131. The third-order valence-corrected chi connectivity index (χ3v) is 0.689. The van der Waals surface area contributed by atoms with Crippen LogP contribution in [0.1, 0.15) is 16.7 Å². The molecular weight excluding hydrogens is 1530 g/mol. The summed E-state index contributed by atoms with van der Waals surface area (Å²) in [6.45, 7) is 6.17. The van der Waals surface area contributed by atoms with Gasteiger partial charge < -0.3 is 83.1 Å². The zero-order chi connectivity index (χ0) is 21.7. The van der Waals surface area contributed by atoms with Crippen molar-refractivity contribution in [2.75, 3.05) is 21.1 Å². The fourth-order valence-corrected chi connectivity index (χ4v) is 0.150. The molecule has 0 aliphatic carbocycles. The second-order valence-corrected chi connectivity index (χ2v) is 2.11. The van der Waals surface area contributed by atoms with Crippen LogP contribution >= 0.6 is 0 Å². The Hall–Kier alpha value is 20.9. The molecule has 5 amide bonds. The Morgan fingerprint density at radius 2 is 0.811 bits per heavy atom. The van der Waals surface area contributed by atoms with E-state index in [4.69, 9.17) is 20.8 Å². The van der Waals surface area contributed by atoms with E-state index in [1.165, 1.54) is 28.1 Å². The van der Waals surface area contributed by atoms with E-state index in [0.717, 1.165) is 67.7 Å². The molecule has 0 fully saturated rings. The summed E-state index contributed by atoms with van der Waals surface area (Å²) in [7, 11) is 3.87. The van der Waals surface area contributed by atoms with Crippen molar-refractivity contribution in [3.05, 3.63) is 45.0 Å². The maximum Gasteiger partial charge on any atom is 0 e. The summed E-state index contributed by atoms with van der Waals surface area (Å²) in [6.07, 6.45) is 0. The van der Waals surface area contributed by atoms with E-state index in [-0.39, 0.29) is 625 Å². The Kier molecular flexibility index (Phi) is 416. The summed E-state index contributed by atoms with van der Waals surface area (Å²) >= 11 is 2.32. The quantitative estimate of drug-likeness (QED) is 0.113. The number of rotatable bonds is 1. The van der Waals surface area contributed by atoms with E-state index in [0.29, 0.717) is 0 Å². The van der Waals surface area contributed by atoms with Gasteiger partial charge in [0.25, 0.3) is 0 Å². The fraction of sp³-hybridized carbons (Fsp3) is 0.556. The molecule has 14 nitrogen and oxygen atoms in total. The second-order valence-electron chi connectivity index (χ2n) is 2.11. The fourth-order valence-electron chi connectivity index (χ4n) is 0.150. The molecule has 0 atom stereocenters. The molecule has 0 aromatic rings. The molecule has 0 saturated heterocycles. The molecule has 0 unspecified atom stereocenters. The Bertz CT molecular complexity index is 308. The monoisotopic (exact) mass is 1540 g/mol. The average Bonchev–Trinajstić information content (AvgIpc) is 2.66. The summed E-state index contributed by atoms with van der Waals surface area (Å²) in [4.78, 5) is 28.7. The van der Waals surface area contributed by atoms with Crippen molar-refractivity contribution in [1.29, 1.82) is 0 Å². The predicted molar refractivity (Wildman–Crippen MR) is 94.7 cm³/mol. The summed E-state index contributed by atoms with van der Waals surface area (Å²) in [5.41, 5.74) is 15.0. The number of hydrogen-bond donors (Lipinski definition) is 4. The third-order valence-electron chi connectivity index (χ3n) is 0.689. The van der Waals surface area contributed by atoms with Gasteiger partial charge in [0, 0.05) is 98.1 Å². The largest absolute Gasteiger partial charge is 0 e. The van der Waals surface area contributed by atoms with E-state index < -0.39 is 18.0 Å². The molecule has 0 aromatic heterocycles. The van der Waals surface area contributed by atoms with Gasteiger partial charge in [-0.1, -0.05) is 0 Å². The minimum Gasteiger partial charge on any atom is 0 e. The summed E-state index contributed by atoms with van der Waals surface area (Å²) in [5.74, 6) is -0.565. The zero-order valence-electron chi connectivity index (χ0n) is 28.1. The van der Waals surface area contributed by atoms with Crippen LogP contribution in [0, 0.1) is 6.92 Å². The topological polar surface area (TPSA) is 231 Å².